The topological polar surface area (TPSA) is 107 Å². The zero-order valence-electron chi connectivity index (χ0n) is 15.4. The van der Waals surface area contributed by atoms with Gasteiger partial charge in [0.05, 0.1) is 12.7 Å². The maximum absolute atomic E-state index is 12.2. The van der Waals surface area contributed by atoms with Crippen molar-refractivity contribution in [2.45, 2.75) is 31.9 Å². The Kier molecular flexibility index (Phi) is 5.62. The van der Waals surface area contributed by atoms with Crippen molar-refractivity contribution >= 4 is 11.8 Å². The molecule has 146 valence electrons. The fourth-order valence-electron chi connectivity index (χ4n) is 3.04. The normalized spacial score (nSPS) is 16.2. The summed E-state index contributed by atoms with van der Waals surface area (Å²) in [5, 5.41) is 13.8. The molecule has 3 aromatic rings. The molecule has 9 heteroatoms. The summed E-state index contributed by atoms with van der Waals surface area (Å²) in [6.07, 6.45) is 3.95. The number of rotatable bonds is 7. The molecule has 0 aliphatic carbocycles. The molecule has 1 atom stereocenters. The summed E-state index contributed by atoms with van der Waals surface area (Å²) in [7, 11) is 0. The van der Waals surface area contributed by atoms with E-state index in [4.69, 9.17) is 9.26 Å². The predicted molar refractivity (Wildman–Crippen MR) is 101 cm³/mol. The van der Waals surface area contributed by atoms with Gasteiger partial charge in [-0.1, -0.05) is 35.5 Å². The molecule has 2 amide bonds. The van der Waals surface area contributed by atoms with E-state index in [2.05, 4.69) is 25.9 Å². The summed E-state index contributed by atoms with van der Waals surface area (Å²) in [5.74, 6) is 1.70. The Balaban J connectivity index is 1.24. The molecule has 1 fully saturated rings. The van der Waals surface area contributed by atoms with Gasteiger partial charge in [0.15, 0.2) is 5.82 Å². The van der Waals surface area contributed by atoms with Gasteiger partial charge in [0, 0.05) is 25.6 Å². The molecule has 0 spiro atoms. The first-order chi connectivity index (χ1) is 13.8. The summed E-state index contributed by atoms with van der Waals surface area (Å²) in [6.45, 7) is 1.70. The fourth-order valence-corrected chi connectivity index (χ4v) is 3.04. The summed E-state index contributed by atoms with van der Waals surface area (Å²) in [4.78, 5) is 16.5. The van der Waals surface area contributed by atoms with Gasteiger partial charge in [-0.3, -0.25) is 5.32 Å². The summed E-state index contributed by atoms with van der Waals surface area (Å²) in [6, 6.07) is 11.4. The molecular weight excluding hydrogens is 360 g/mol. The molecule has 1 aliphatic rings. The predicted octanol–water partition coefficient (Wildman–Crippen LogP) is 2.53. The van der Waals surface area contributed by atoms with Crippen LogP contribution in [0.5, 0.6) is 0 Å². The van der Waals surface area contributed by atoms with Crippen molar-refractivity contribution in [1.82, 2.24) is 25.2 Å². The molecule has 2 N–H and O–H groups in total. The van der Waals surface area contributed by atoms with E-state index < -0.39 is 0 Å². The number of benzene rings is 1. The van der Waals surface area contributed by atoms with Crippen molar-refractivity contribution in [2.24, 2.45) is 0 Å². The van der Waals surface area contributed by atoms with Gasteiger partial charge in [-0.2, -0.15) is 10.1 Å². The molecule has 2 aromatic heterocycles. The van der Waals surface area contributed by atoms with Crippen molar-refractivity contribution in [3.63, 3.8) is 0 Å². The van der Waals surface area contributed by atoms with Crippen LogP contribution in [0.4, 0.5) is 10.6 Å². The second-order valence-electron chi connectivity index (χ2n) is 6.54. The highest BCUT2D eigenvalue weighted by atomic mass is 16.5. The van der Waals surface area contributed by atoms with E-state index in [0.717, 1.165) is 25.0 Å². The number of carbonyl (C=O) groups excluding carboxylic acids is 1. The Hall–Kier alpha value is -3.20. The number of ether oxygens (including phenoxy) is 1. The molecule has 1 aromatic carbocycles. The Morgan fingerprint density at radius 3 is 2.96 bits per heavy atom. The lowest BCUT2D eigenvalue weighted by Crippen LogP contribution is -2.31. The number of carbonyl (C=O) groups is 1. The van der Waals surface area contributed by atoms with Gasteiger partial charge < -0.3 is 14.6 Å². The SMILES string of the molecule is O=C(NCCc1noc(C2CCCO2)n1)Nc1ccnn1Cc1ccccc1. The van der Waals surface area contributed by atoms with E-state index in [1.54, 1.807) is 16.9 Å². The molecule has 1 aliphatic heterocycles. The molecule has 1 saturated heterocycles. The maximum Gasteiger partial charge on any atom is 0.320 e. The lowest BCUT2D eigenvalue weighted by atomic mass is 10.2. The maximum atomic E-state index is 12.2. The van der Waals surface area contributed by atoms with Gasteiger partial charge in [0.1, 0.15) is 11.9 Å². The second kappa shape index (κ2) is 8.66. The first kappa shape index (κ1) is 18.2. The molecule has 0 saturated carbocycles. The van der Waals surface area contributed by atoms with Gasteiger partial charge in [-0.25, -0.2) is 9.48 Å². The minimum Gasteiger partial charge on any atom is -0.368 e. The minimum atomic E-state index is -0.308. The van der Waals surface area contributed by atoms with Crippen LogP contribution in [0.15, 0.2) is 47.1 Å². The molecule has 0 radical (unpaired) electrons. The number of anilines is 1. The highest BCUT2D eigenvalue weighted by Gasteiger charge is 2.23. The van der Waals surface area contributed by atoms with Gasteiger partial charge in [0.2, 0.25) is 0 Å². The molecule has 0 bridgehead atoms. The number of nitrogens with zero attached hydrogens (tertiary/aromatic N) is 4. The number of aromatic nitrogens is 4. The number of nitrogens with one attached hydrogen (secondary N) is 2. The third kappa shape index (κ3) is 4.55. The number of hydrogen-bond donors (Lipinski definition) is 2. The average molecular weight is 382 g/mol. The van der Waals surface area contributed by atoms with Crippen LogP contribution < -0.4 is 10.6 Å². The first-order valence-electron chi connectivity index (χ1n) is 9.32. The minimum absolute atomic E-state index is 0.0950. The lowest BCUT2D eigenvalue weighted by molar-refractivity contribution is 0.0835. The van der Waals surface area contributed by atoms with Gasteiger partial charge in [-0.05, 0) is 18.4 Å². The zero-order chi connectivity index (χ0) is 19.2. The molecule has 9 nitrogen and oxygen atoms in total. The summed E-state index contributed by atoms with van der Waals surface area (Å²) < 4.78 is 12.5. The van der Waals surface area contributed by atoms with Crippen LogP contribution in [0, 0.1) is 0 Å². The van der Waals surface area contributed by atoms with Crippen molar-refractivity contribution in [2.75, 3.05) is 18.5 Å². The fraction of sp³-hybridized carbons (Fsp3) is 0.368. The Morgan fingerprint density at radius 1 is 1.25 bits per heavy atom. The van der Waals surface area contributed by atoms with Gasteiger partial charge in [-0.15, -0.1) is 0 Å². The van der Waals surface area contributed by atoms with Crippen molar-refractivity contribution in [3.05, 3.63) is 59.9 Å². The smallest absolute Gasteiger partial charge is 0.320 e. The van der Waals surface area contributed by atoms with E-state index in [9.17, 15) is 4.79 Å². The first-order valence-corrected chi connectivity index (χ1v) is 9.32. The van der Waals surface area contributed by atoms with Crippen LogP contribution in [0.25, 0.3) is 0 Å². The van der Waals surface area contributed by atoms with Crippen LogP contribution in [0.1, 0.15) is 36.2 Å². The van der Waals surface area contributed by atoms with Crippen LogP contribution >= 0.6 is 0 Å². The number of amides is 2. The molecular formula is C19H22N6O3. The van der Waals surface area contributed by atoms with Crippen molar-refractivity contribution in [3.8, 4) is 0 Å². The van der Waals surface area contributed by atoms with E-state index in [-0.39, 0.29) is 12.1 Å². The Bertz CT molecular complexity index is 901. The monoisotopic (exact) mass is 382 g/mol. The highest BCUT2D eigenvalue weighted by Crippen LogP contribution is 2.26. The average Bonchev–Trinajstić information content (AvgIpc) is 3.45. The summed E-state index contributed by atoms with van der Waals surface area (Å²) in [5.41, 5.74) is 1.11. The third-order valence-corrected chi connectivity index (χ3v) is 4.46. The second-order valence-corrected chi connectivity index (χ2v) is 6.54. The highest BCUT2D eigenvalue weighted by molar-refractivity contribution is 5.88. The molecule has 28 heavy (non-hydrogen) atoms. The Labute approximate surface area is 162 Å². The Morgan fingerprint density at radius 2 is 2.14 bits per heavy atom. The van der Waals surface area contributed by atoms with Crippen molar-refractivity contribution in [1.29, 1.82) is 0 Å². The van der Waals surface area contributed by atoms with Crippen LogP contribution in [0.2, 0.25) is 0 Å². The number of urea groups is 1. The van der Waals surface area contributed by atoms with Crippen LogP contribution in [-0.4, -0.2) is 39.1 Å². The van der Waals surface area contributed by atoms with E-state index in [0.29, 0.717) is 37.0 Å². The van der Waals surface area contributed by atoms with Crippen LogP contribution in [0.3, 0.4) is 0 Å². The molecule has 4 rings (SSSR count). The quantitative estimate of drug-likeness (QED) is 0.650. The molecule has 1 unspecified atom stereocenters. The van der Waals surface area contributed by atoms with E-state index >= 15 is 0 Å². The van der Waals surface area contributed by atoms with Gasteiger partial charge >= 0.3 is 6.03 Å². The largest absolute Gasteiger partial charge is 0.368 e. The van der Waals surface area contributed by atoms with E-state index in [1.165, 1.54) is 0 Å². The van der Waals surface area contributed by atoms with Crippen LogP contribution in [-0.2, 0) is 17.7 Å². The zero-order valence-corrected chi connectivity index (χ0v) is 15.4. The number of hydrogen-bond acceptors (Lipinski definition) is 6. The van der Waals surface area contributed by atoms with E-state index in [1.807, 2.05) is 30.3 Å². The lowest BCUT2D eigenvalue weighted by Gasteiger charge is -2.10. The third-order valence-electron chi connectivity index (χ3n) is 4.46. The van der Waals surface area contributed by atoms with Crippen molar-refractivity contribution < 1.29 is 14.1 Å². The molecule has 3 heterocycles. The summed E-state index contributed by atoms with van der Waals surface area (Å²) >= 11 is 0. The van der Waals surface area contributed by atoms with Gasteiger partial charge in [0.25, 0.3) is 5.89 Å². The standard InChI is InChI=1S/C19H22N6O3/c26-19(20-10-8-16-22-18(28-24-16)15-7-4-12-27-15)23-17-9-11-21-25(17)13-14-5-2-1-3-6-14/h1-3,5-6,9,11,15H,4,7-8,10,12-13H2,(H2,20,23,26).